The number of carboxylic acids is 3. The molecule has 37 heavy (non-hydrogen) atoms. The van der Waals surface area contributed by atoms with Crippen molar-refractivity contribution >= 4 is 23.9 Å². The van der Waals surface area contributed by atoms with Crippen LogP contribution in [-0.2, 0) is 39.8 Å². The van der Waals surface area contributed by atoms with Crippen LogP contribution in [0.1, 0.15) is 38.7 Å². The highest BCUT2D eigenvalue weighted by atomic mass is 16.8. The van der Waals surface area contributed by atoms with E-state index in [1.54, 1.807) is 0 Å². The fraction of sp³-hybridized carbons (Fsp3) is 0.520. The van der Waals surface area contributed by atoms with Gasteiger partial charge in [0, 0.05) is 25.7 Å². The van der Waals surface area contributed by atoms with Crippen molar-refractivity contribution < 1.29 is 58.9 Å². The highest BCUT2D eigenvalue weighted by Crippen LogP contribution is 2.54. The number of carbonyl (C=O) groups excluding carboxylic acids is 1. The van der Waals surface area contributed by atoms with Crippen LogP contribution in [0.2, 0.25) is 0 Å². The normalized spacial score (nSPS) is 32.2. The third-order valence-corrected chi connectivity index (χ3v) is 6.95. The van der Waals surface area contributed by atoms with Crippen molar-refractivity contribution in [2.45, 2.75) is 74.8 Å². The van der Waals surface area contributed by atoms with E-state index in [1.807, 2.05) is 37.3 Å². The molecule has 2 fully saturated rings. The molecule has 7 atom stereocenters. The van der Waals surface area contributed by atoms with E-state index in [-0.39, 0.29) is 18.8 Å². The van der Waals surface area contributed by atoms with E-state index in [1.165, 1.54) is 6.92 Å². The first-order valence-corrected chi connectivity index (χ1v) is 11.6. The molecular formula is C25H30O12. The zero-order valence-corrected chi connectivity index (χ0v) is 20.3. The quantitative estimate of drug-likeness (QED) is 0.202. The van der Waals surface area contributed by atoms with Crippen molar-refractivity contribution in [2.75, 3.05) is 0 Å². The van der Waals surface area contributed by atoms with Crippen LogP contribution >= 0.6 is 0 Å². The maximum Gasteiger partial charge on any atom is 0.342 e. The predicted octanol–water partition coefficient (Wildman–Crippen LogP) is 0.733. The fourth-order valence-corrected chi connectivity index (χ4v) is 5.10. The van der Waals surface area contributed by atoms with Gasteiger partial charge >= 0.3 is 23.9 Å². The molecule has 0 saturated carbocycles. The third-order valence-electron chi connectivity index (χ3n) is 6.95. The van der Waals surface area contributed by atoms with Gasteiger partial charge in [-0.25, -0.2) is 14.4 Å². The number of benzene rings is 1. The molecule has 12 nitrogen and oxygen atoms in total. The summed E-state index contributed by atoms with van der Waals surface area (Å²) in [5.41, 5.74) is -5.21. The monoisotopic (exact) mass is 522 g/mol. The van der Waals surface area contributed by atoms with Crippen molar-refractivity contribution in [2.24, 2.45) is 5.92 Å². The molecular weight excluding hydrogens is 492 g/mol. The number of ether oxygens (including phenoxy) is 3. The molecule has 3 rings (SSSR count). The molecule has 0 aliphatic carbocycles. The predicted molar refractivity (Wildman–Crippen MR) is 123 cm³/mol. The summed E-state index contributed by atoms with van der Waals surface area (Å²) in [4.78, 5) is 47.7. The van der Waals surface area contributed by atoms with E-state index in [4.69, 9.17) is 14.2 Å². The van der Waals surface area contributed by atoms with E-state index in [0.717, 1.165) is 5.56 Å². The lowest BCUT2D eigenvalue weighted by Gasteiger charge is -2.48. The molecule has 2 saturated heterocycles. The van der Waals surface area contributed by atoms with E-state index < -0.39 is 65.6 Å². The molecule has 2 bridgehead atoms. The highest BCUT2D eigenvalue weighted by molar-refractivity contribution is 5.97. The number of carboxylic acid groups (broad SMARTS) is 3. The minimum atomic E-state index is -3.53. The van der Waals surface area contributed by atoms with Crippen LogP contribution in [0.4, 0.5) is 0 Å². The second-order valence-electron chi connectivity index (χ2n) is 9.53. The summed E-state index contributed by atoms with van der Waals surface area (Å²) >= 11 is 0. The van der Waals surface area contributed by atoms with Crippen LogP contribution in [0.5, 0.6) is 0 Å². The number of aliphatic hydroxyl groups is 2. The van der Waals surface area contributed by atoms with E-state index in [9.17, 15) is 44.7 Å². The number of fused-ring (bicyclic) bond motifs is 2. The summed E-state index contributed by atoms with van der Waals surface area (Å²) in [5, 5.41) is 50.6. The van der Waals surface area contributed by atoms with Crippen molar-refractivity contribution in [1.82, 2.24) is 0 Å². The van der Waals surface area contributed by atoms with E-state index in [0.29, 0.717) is 12.0 Å². The Kier molecular flexibility index (Phi) is 7.80. The lowest BCUT2D eigenvalue weighted by molar-refractivity contribution is -0.372. The van der Waals surface area contributed by atoms with Crippen molar-refractivity contribution in [3.8, 4) is 0 Å². The van der Waals surface area contributed by atoms with Crippen molar-refractivity contribution in [3.05, 3.63) is 48.0 Å². The first kappa shape index (κ1) is 28.3. The topological polar surface area (TPSA) is 197 Å². The minimum absolute atomic E-state index is 0.0817. The molecule has 0 spiro atoms. The van der Waals surface area contributed by atoms with Gasteiger partial charge in [-0.1, -0.05) is 43.8 Å². The van der Waals surface area contributed by atoms with Gasteiger partial charge in [0.05, 0.1) is 0 Å². The summed E-state index contributed by atoms with van der Waals surface area (Å²) in [6.45, 7) is 7.04. The number of esters is 1. The standard InChI is InChI=1S/C25H30O12/c1-13(18(35-15(3)26)14(2)11-16-7-5-4-6-8-16)9-10-24-17(27)12-23(37-24,21(30)31)25(34,22(32)33)19(36-24)20(28)29/h4-8,14,17-19,27,34H,1,9-12H2,2-3H3,(H,28,29)(H,30,31)(H,32,33)/t14?,17-,18?,19-,23+,24+,25-/m0/s1. The van der Waals surface area contributed by atoms with Gasteiger partial charge in [-0.3, -0.25) is 4.79 Å². The maximum atomic E-state index is 12.2. The van der Waals surface area contributed by atoms with Gasteiger partial charge in [0.25, 0.3) is 0 Å². The number of carbonyl (C=O) groups is 4. The number of aliphatic hydroxyl groups excluding tert-OH is 1. The highest BCUT2D eigenvalue weighted by Gasteiger charge is 2.80. The number of hydrogen-bond donors (Lipinski definition) is 5. The average molecular weight is 523 g/mol. The summed E-state index contributed by atoms with van der Waals surface area (Å²) in [6, 6.07) is 9.40. The minimum Gasteiger partial charge on any atom is -0.479 e. The maximum absolute atomic E-state index is 12.2. The van der Waals surface area contributed by atoms with E-state index in [2.05, 4.69) is 6.58 Å². The first-order valence-electron chi connectivity index (χ1n) is 11.6. The molecule has 2 unspecified atom stereocenters. The molecule has 2 aliphatic heterocycles. The Bertz CT molecular complexity index is 1090. The Labute approximate surface area is 212 Å². The molecule has 0 amide bonds. The lowest BCUT2D eigenvalue weighted by atomic mass is 9.76. The third kappa shape index (κ3) is 4.85. The van der Waals surface area contributed by atoms with Crippen LogP contribution in [-0.4, -0.2) is 84.7 Å². The molecule has 0 aromatic heterocycles. The molecule has 2 aliphatic rings. The first-order chi connectivity index (χ1) is 17.2. The number of rotatable bonds is 11. The summed E-state index contributed by atoms with van der Waals surface area (Å²) < 4.78 is 16.3. The zero-order chi connectivity index (χ0) is 27.8. The van der Waals surface area contributed by atoms with Gasteiger partial charge in [-0.05, 0) is 24.0 Å². The van der Waals surface area contributed by atoms with Gasteiger partial charge in [-0.15, -0.1) is 0 Å². The Balaban J connectivity index is 1.88. The molecule has 0 radical (unpaired) electrons. The molecule has 202 valence electrons. The smallest absolute Gasteiger partial charge is 0.342 e. The summed E-state index contributed by atoms with van der Waals surface area (Å²) in [5.74, 6) is -9.22. The second kappa shape index (κ2) is 10.2. The fourth-order valence-electron chi connectivity index (χ4n) is 5.10. The molecule has 12 heteroatoms. The Morgan fingerprint density at radius 1 is 1.14 bits per heavy atom. The number of aliphatic carboxylic acids is 3. The second-order valence-corrected chi connectivity index (χ2v) is 9.53. The average Bonchev–Trinajstić information content (AvgIpc) is 3.09. The largest absolute Gasteiger partial charge is 0.479 e. The molecule has 5 N–H and O–H groups in total. The van der Waals surface area contributed by atoms with Gasteiger partial charge in [0.1, 0.15) is 12.2 Å². The Morgan fingerprint density at radius 3 is 2.27 bits per heavy atom. The van der Waals surface area contributed by atoms with Crippen LogP contribution in [0.3, 0.4) is 0 Å². The van der Waals surface area contributed by atoms with Crippen LogP contribution in [0.25, 0.3) is 0 Å². The van der Waals surface area contributed by atoms with Crippen LogP contribution in [0.15, 0.2) is 42.5 Å². The molecule has 1 aromatic carbocycles. The van der Waals surface area contributed by atoms with Crippen molar-refractivity contribution in [3.63, 3.8) is 0 Å². The molecule has 2 heterocycles. The van der Waals surface area contributed by atoms with Gasteiger partial charge in [0.15, 0.2) is 5.79 Å². The summed E-state index contributed by atoms with van der Waals surface area (Å²) in [7, 11) is 0. The van der Waals surface area contributed by atoms with Crippen LogP contribution < -0.4 is 0 Å². The van der Waals surface area contributed by atoms with Gasteiger partial charge in [0.2, 0.25) is 17.3 Å². The van der Waals surface area contributed by atoms with Crippen LogP contribution in [0, 0.1) is 5.92 Å². The number of hydrogen-bond acceptors (Lipinski definition) is 9. The Morgan fingerprint density at radius 2 is 1.76 bits per heavy atom. The van der Waals surface area contributed by atoms with Crippen molar-refractivity contribution in [1.29, 1.82) is 0 Å². The SMILES string of the molecule is C=C(CC[C@]12O[C@@H](C(=O)O)[C@](O)(C(=O)O)[C@](C(=O)O)(C[C@@H]1O)O2)C(OC(C)=O)C(C)Cc1ccccc1. The lowest BCUT2D eigenvalue weighted by Crippen LogP contribution is -2.75. The summed E-state index contributed by atoms with van der Waals surface area (Å²) in [6.07, 6.45) is -6.04. The zero-order valence-electron chi connectivity index (χ0n) is 20.3. The van der Waals surface area contributed by atoms with E-state index >= 15 is 0 Å². The Hall–Kier alpha value is -3.32. The molecule has 1 aromatic rings. The van der Waals surface area contributed by atoms with Gasteiger partial charge in [-0.2, -0.15) is 0 Å². The van der Waals surface area contributed by atoms with Gasteiger partial charge < -0.3 is 39.7 Å².